The van der Waals surface area contributed by atoms with E-state index in [9.17, 15) is 4.79 Å². The molecule has 1 unspecified atom stereocenters. The molecule has 0 radical (unpaired) electrons. The third kappa shape index (κ3) is 2.71. The SMILES string of the molecule is CNC(=O)C(Cl)c1ccc(Br)cc1. The molecule has 4 heteroatoms. The van der Waals surface area contributed by atoms with Crippen molar-refractivity contribution in [1.82, 2.24) is 5.32 Å². The molecule has 13 heavy (non-hydrogen) atoms. The van der Waals surface area contributed by atoms with Crippen LogP contribution in [0.5, 0.6) is 0 Å². The Labute approximate surface area is 90.4 Å². The zero-order valence-corrected chi connectivity index (χ0v) is 9.39. The van der Waals surface area contributed by atoms with Crippen LogP contribution in [0.3, 0.4) is 0 Å². The van der Waals surface area contributed by atoms with E-state index in [1.165, 1.54) is 0 Å². The van der Waals surface area contributed by atoms with E-state index in [0.717, 1.165) is 10.0 Å². The van der Waals surface area contributed by atoms with E-state index in [1.807, 2.05) is 24.3 Å². The van der Waals surface area contributed by atoms with E-state index < -0.39 is 5.38 Å². The van der Waals surface area contributed by atoms with Gasteiger partial charge < -0.3 is 5.32 Å². The number of amides is 1. The topological polar surface area (TPSA) is 29.1 Å². The number of nitrogens with one attached hydrogen (secondary N) is 1. The predicted molar refractivity (Wildman–Crippen MR) is 56.8 cm³/mol. The highest BCUT2D eigenvalue weighted by Crippen LogP contribution is 2.22. The van der Waals surface area contributed by atoms with Crippen LogP contribution < -0.4 is 5.32 Å². The fourth-order valence-corrected chi connectivity index (χ4v) is 1.43. The minimum atomic E-state index is -0.613. The van der Waals surface area contributed by atoms with Crippen LogP contribution >= 0.6 is 27.5 Å². The van der Waals surface area contributed by atoms with Crippen molar-refractivity contribution in [2.24, 2.45) is 0 Å². The van der Waals surface area contributed by atoms with Crippen LogP contribution in [0, 0.1) is 0 Å². The van der Waals surface area contributed by atoms with Crippen molar-refractivity contribution in [1.29, 1.82) is 0 Å². The molecule has 0 aliphatic rings. The summed E-state index contributed by atoms with van der Waals surface area (Å²) in [5, 5.41) is 1.88. The largest absolute Gasteiger partial charge is 0.358 e. The van der Waals surface area contributed by atoms with Crippen molar-refractivity contribution < 1.29 is 4.79 Å². The predicted octanol–water partition coefficient (Wildman–Crippen LogP) is 2.48. The number of carbonyl (C=O) groups excluding carboxylic acids is 1. The molecule has 1 atom stereocenters. The maximum atomic E-state index is 11.1. The number of rotatable bonds is 2. The highest BCUT2D eigenvalue weighted by Gasteiger charge is 2.15. The van der Waals surface area contributed by atoms with Gasteiger partial charge in [0.05, 0.1) is 0 Å². The molecule has 0 bridgehead atoms. The van der Waals surface area contributed by atoms with E-state index in [0.29, 0.717) is 0 Å². The Morgan fingerprint density at radius 1 is 1.46 bits per heavy atom. The first kappa shape index (κ1) is 10.5. The molecule has 0 spiro atoms. The van der Waals surface area contributed by atoms with Crippen molar-refractivity contribution in [3.8, 4) is 0 Å². The van der Waals surface area contributed by atoms with Gasteiger partial charge in [0.15, 0.2) is 0 Å². The Kier molecular flexibility index (Phi) is 3.75. The summed E-state index contributed by atoms with van der Waals surface area (Å²) in [7, 11) is 1.57. The summed E-state index contributed by atoms with van der Waals surface area (Å²) in [6.45, 7) is 0. The second kappa shape index (κ2) is 4.63. The minimum absolute atomic E-state index is 0.191. The lowest BCUT2D eigenvalue weighted by molar-refractivity contribution is -0.120. The van der Waals surface area contributed by atoms with Crippen LogP contribution in [0.2, 0.25) is 0 Å². The quantitative estimate of drug-likeness (QED) is 0.815. The number of hydrogen-bond acceptors (Lipinski definition) is 1. The molecule has 0 aromatic heterocycles. The van der Waals surface area contributed by atoms with Crippen LogP contribution in [0.1, 0.15) is 10.9 Å². The first-order valence-corrected chi connectivity index (χ1v) is 4.99. The smallest absolute Gasteiger partial charge is 0.242 e. The molecule has 70 valence electrons. The average molecular weight is 263 g/mol. The van der Waals surface area contributed by atoms with Gasteiger partial charge in [0.1, 0.15) is 5.38 Å². The molecule has 0 saturated heterocycles. The van der Waals surface area contributed by atoms with E-state index in [-0.39, 0.29) is 5.91 Å². The highest BCUT2D eigenvalue weighted by atomic mass is 79.9. The zero-order chi connectivity index (χ0) is 9.84. The Bertz CT molecular complexity index is 299. The second-order valence-electron chi connectivity index (χ2n) is 2.53. The monoisotopic (exact) mass is 261 g/mol. The lowest BCUT2D eigenvalue weighted by atomic mass is 10.1. The summed E-state index contributed by atoms with van der Waals surface area (Å²) in [6.07, 6.45) is 0. The van der Waals surface area contributed by atoms with Gasteiger partial charge in [-0.05, 0) is 17.7 Å². The van der Waals surface area contributed by atoms with Crippen molar-refractivity contribution in [2.75, 3.05) is 7.05 Å². The molecule has 0 aliphatic carbocycles. The summed E-state index contributed by atoms with van der Waals surface area (Å²) in [6, 6.07) is 7.34. The Hall–Kier alpha value is -0.540. The fraction of sp³-hybridized carbons (Fsp3) is 0.222. The van der Waals surface area contributed by atoms with Gasteiger partial charge in [0.25, 0.3) is 0 Å². The number of likely N-dealkylation sites (N-methyl/N-ethyl adjacent to an activating group) is 1. The van der Waals surface area contributed by atoms with Gasteiger partial charge in [-0.1, -0.05) is 28.1 Å². The number of carbonyl (C=O) groups is 1. The van der Waals surface area contributed by atoms with Gasteiger partial charge >= 0.3 is 0 Å². The van der Waals surface area contributed by atoms with Gasteiger partial charge in [-0.3, -0.25) is 4.79 Å². The standard InChI is InChI=1S/C9H9BrClNO/c1-12-9(13)8(11)6-2-4-7(10)5-3-6/h2-5,8H,1H3,(H,12,13). The number of alkyl halides is 1. The molecular weight excluding hydrogens is 253 g/mol. The molecule has 0 fully saturated rings. The second-order valence-corrected chi connectivity index (χ2v) is 3.88. The molecule has 2 nitrogen and oxygen atoms in total. The van der Waals surface area contributed by atoms with E-state index in [1.54, 1.807) is 7.05 Å². The first-order valence-electron chi connectivity index (χ1n) is 3.76. The third-order valence-corrected chi connectivity index (χ3v) is 2.62. The normalized spacial score (nSPS) is 12.2. The number of halogens is 2. The molecule has 1 aromatic carbocycles. The van der Waals surface area contributed by atoms with Crippen molar-refractivity contribution in [3.63, 3.8) is 0 Å². The lowest BCUT2D eigenvalue weighted by Crippen LogP contribution is -2.22. The lowest BCUT2D eigenvalue weighted by Gasteiger charge is -2.07. The molecule has 0 heterocycles. The van der Waals surface area contributed by atoms with E-state index in [2.05, 4.69) is 21.2 Å². The molecule has 1 N–H and O–H groups in total. The average Bonchev–Trinajstić information content (AvgIpc) is 2.17. The Balaban J connectivity index is 2.83. The van der Waals surface area contributed by atoms with Crippen molar-refractivity contribution in [3.05, 3.63) is 34.3 Å². The Morgan fingerprint density at radius 3 is 2.46 bits per heavy atom. The van der Waals surface area contributed by atoms with Gasteiger partial charge in [0.2, 0.25) is 5.91 Å². The first-order chi connectivity index (χ1) is 6.15. The van der Waals surface area contributed by atoms with Crippen LogP contribution in [0.4, 0.5) is 0 Å². The van der Waals surface area contributed by atoms with Crippen LogP contribution in [0.15, 0.2) is 28.7 Å². The summed E-state index contributed by atoms with van der Waals surface area (Å²) in [4.78, 5) is 11.1. The maximum Gasteiger partial charge on any atom is 0.242 e. The third-order valence-electron chi connectivity index (χ3n) is 1.64. The zero-order valence-electron chi connectivity index (χ0n) is 7.05. The summed E-state index contributed by atoms with van der Waals surface area (Å²) in [5.41, 5.74) is 0.796. The summed E-state index contributed by atoms with van der Waals surface area (Å²) >= 11 is 9.19. The van der Waals surface area contributed by atoms with Crippen LogP contribution in [0.25, 0.3) is 0 Å². The molecule has 1 aromatic rings. The van der Waals surface area contributed by atoms with Gasteiger partial charge in [-0.2, -0.15) is 0 Å². The van der Waals surface area contributed by atoms with E-state index >= 15 is 0 Å². The molecule has 1 amide bonds. The fourth-order valence-electron chi connectivity index (χ4n) is 0.910. The van der Waals surface area contributed by atoms with Crippen molar-refractivity contribution >= 4 is 33.4 Å². The van der Waals surface area contributed by atoms with Gasteiger partial charge in [0, 0.05) is 11.5 Å². The minimum Gasteiger partial charge on any atom is -0.358 e. The molecule has 0 saturated carbocycles. The van der Waals surface area contributed by atoms with Crippen LogP contribution in [-0.2, 0) is 4.79 Å². The number of hydrogen-bond donors (Lipinski definition) is 1. The van der Waals surface area contributed by atoms with Gasteiger partial charge in [-0.15, -0.1) is 11.6 Å². The van der Waals surface area contributed by atoms with Crippen LogP contribution in [-0.4, -0.2) is 13.0 Å². The summed E-state index contributed by atoms with van der Waals surface area (Å²) < 4.78 is 0.969. The van der Waals surface area contributed by atoms with Crippen molar-refractivity contribution in [2.45, 2.75) is 5.38 Å². The Morgan fingerprint density at radius 2 is 2.00 bits per heavy atom. The maximum absolute atomic E-state index is 11.1. The molecule has 1 rings (SSSR count). The summed E-state index contributed by atoms with van der Waals surface area (Å²) in [5.74, 6) is -0.191. The number of benzene rings is 1. The molecular formula is C9H9BrClNO. The van der Waals surface area contributed by atoms with Gasteiger partial charge in [-0.25, -0.2) is 0 Å². The molecule has 0 aliphatic heterocycles. The van der Waals surface area contributed by atoms with E-state index in [4.69, 9.17) is 11.6 Å². The highest BCUT2D eigenvalue weighted by molar-refractivity contribution is 9.10.